The number of halogens is 3. The smallest absolute Gasteiger partial charge is 0.251 e. The van der Waals surface area contributed by atoms with Gasteiger partial charge in [-0.25, -0.2) is 13.2 Å². The third-order valence-corrected chi connectivity index (χ3v) is 5.70. The molecule has 1 fully saturated rings. The molecule has 2 heterocycles. The molecule has 2 unspecified atom stereocenters. The number of primary amides is 1. The molecule has 1 aromatic heterocycles. The highest BCUT2D eigenvalue weighted by molar-refractivity contribution is 5.94. The number of aromatic nitrogens is 1. The van der Waals surface area contributed by atoms with Gasteiger partial charge in [-0.15, -0.1) is 0 Å². The Balaban J connectivity index is 1.76. The van der Waals surface area contributed by atoms with Crippen LogP contribution in [0, 0.1) is 17.5 Å². The average Bonchev–Trinajstić information content (AvgIpc) is 3.24. The summed E-state index contributed by atoms with van der Waals surface area (Å²) < 4.78 is 41.8. The van der Waals surface area contributed by atoms with E-state index in [0.717, 1.165) is 24.3 Å². The Labute approximate surface area is 198 Å². The number of hydrogen-bond donors (Lipinski definition) is 3. The quantitative estimate of drug-likeness (QED) is 0.480. The number of rotatable bonds is 7. The highest BCUT2D eigenvalue weighted by Crippen LogP contribution is 2.30. The van der Waals surface area contributed by atoms with Crippen molar-refractivity contribution in [1.82, 2.24) is 15.6 Å². The van der Waals surface area contributed by atoms with Crippen LogP contribution in [0.2, 0.25) is 0 Å². The van der Waals surface area contributed by atoms with Gasteiger partial charge in [0.05, 0.1) is 17.3 Å². The zero-order chi connectivity index (χ0) is 25.1. The van der Waals surface area contributed by atoms with Gasteiger partial charge in [-0.1, -0.05) is 12.1 Å². The van der Waals surface area contributed by atoms with E-state index in [0.29, 0.717) is 23.2 Å². The van der Waals surface area contributed by atoms with Gasteiger partial charge in [-0.05, 0) is 54.3 Å². The minimum Gasteiger partial charge on any atom is -0.366 e. The summed E-state index contributed by atoms with van der Waals surface area (Å²) in [6.07, 6.45) is 1.95. The SMILES string of the molecule is NC(=O)c1cc(-c2cccnc2C(Cc2cc(F)cc(F)c2)NC(=O)C2CCC(=O)N2)ccc1F. The Kier molecular flexibility index (Phi) is 6.81. The molecule has 180 valence electrons. The van der Waals surface area contributed by atoms with Crippen molar-refractivity contribution in [1.29, 1.82) is 0 Å². The molecule has 3 aromatic rings. The number of benzene rings is 2. The maximum atomic E-state index is 14.1. The number of nitrogens with one attached hydrogen (secondary N) is 2. The van der Waals surface area contributed by atoms with E-state index in [2.05, 4.69) is 15.6 Å². The minimum atomic E-state index is -0.952. The van der Waals surface area contributed by atoms with Crippen molar-refractivity contribution in [3.05, 3.63) is 89.0 Å². The lowest BCUT2D eigenvalue weighted by Gasteiger charge is -2.23. The molecule has 2 atom stereocenters. The first-order valence-electron chi connectivity index (χ1n) is 10.8. The van der Waals surface area contributed by atoms with Gasteiger partial charge in [0.25, 0.3) is 5.91 Å². The van der Waals surface area contributed by atoms with Gasteiger partial charge in [0.1, 0.15) is 23.5 Å². The Hall–Kier alpha value is -4.21. The molecule has 35 heavy (non-hydrogen) atoms. The van der Waals surface area contributed by atoms with Crippen molar-refractivity contribution in [3.63, 3.8) is 0 Å². The molecule has 3 amide bonds. The normalized spacial score (nSPS) is 16.0. The first kappa shape index (κ1) is 23.9. The molecule has 1 aliphatic heterocycles. The van der Waals surface area contributed by atoms with Crippen molar-refractivity contribution < 1.29 is 27.6 Å². The fourth-order valence-corrected chi connectivity index (χ4v) is 4.08. The van der Waals surface area contributed by atoms with Crippen LogP contribution in [0.15, 0.2) is 54.7 Å². The van der Waals surface area contributed by atoms with Gasteiger partial charge >= 0.3 is 0 Å². The highest BCUT2D eigenvalue weighted by atomic mass is 19.1. The Morgan fingerprint density at radius 1 is 1.11 bits per heavy atom. The fraction of sp³-hybridized carbons (Fsp3) is 0.200. The number of pyridine rings is 1. The van der Waals surface area contributed by atoms with Crippen LogP contribution >= 0.6 is 0 Å². The Morgan fingerprint density at radius 3 is 2.51 bits per heavy atom. The van der Waals surface area contributed by atoms with E-state index in [9.17, 15) is 27.6 Å². The van der Waals surface area contributed by atoms with Crippen molar-refractivity contribution in [3.8, 4) is 11.1 Å². The highest BCUT2D eigenvalue weighted by Gasteiger charge is 2.30. The average molecular weight is 482 g/mol. The van der Waals surface area contributed by atoms with Gasteiger partial charge in [0, 0.05) is 24.2 Å². The van der Waals surface area contributed by atoms with Crippen molar-refractivity contribution >= 4 is 17.7 Å². The summed E-state index contributed by atoms with van der Waals surface area (Å²) in [5, 5.41) is 5.40. The molecular weight excluding hydrogens is 461 g/mol. The molecule has 0 radical (unpaired) electrons. The number of hydrogen-bond acceptors (Lipinski definition) is 4. The lowest BCUT2D eigenvalue weighted by atomic mass is 9.94. The van der Waals surface area contributed by atoms with Crippen molar-refractivity contribution in [2.45, 2.75) is 31.3 Å². The van der Waals surface area contributed by atoms with Gasteiger partial charge in [0.15, 0.2) is 0 Å². The second-order valence-corrected chi connectivity index (χ2v) is 8.20. The molecule has 0 saturated carbocycles. The minimum absolute atomic E-state index is 0.0328. The lowest BCUT2D eigenvalue weighted by molar-refractivity contribution is -0.126. The molecule has 1 aliphatic rings. The van der Waals surface area contributed by atoms with E-state index in [-0.39, 0.29) is 29.9 Å². The zero-order valence-electron chi connectivity index (χ0n) is 18.4. The van der Waals surface area contributed by atoms with Crippen LogP contribution in [0.25, 0.3) is 11.1 Å². The third kappa shape index (κ3) is 5.48. The van der Waals surface area contributed by atoms with Gasteiger partial charge in [-0.2, -0.15) is 0 Å². The molecular formula is C25H21F3N4O3. The number of nitrogens with two attached hydrogens (primary N) is 1. The number of carbonyl (C=O) groups is 3. The molecule has 10 heteroatoms. The number of nitrogens with zero attached hydrogens (tertiary/aromatic N) is 1. The van der Waals surface area contributed by atoms with Crippen molar-refractivity contribution in [2.24, 2.45) is 5.73 Å². The standard InChI is InChI=1S/C25H21F3N4O3/c26-15-8-13(9-16(27)12-15)10-21(32-25(35)20-5-6-22(33)31-20)23-17(2-1-7-30-23)14-3-4-19(28)18(11-14)24(29)34/h1-4,7-9,11-12,20-21H,5-6,10H2,(H2,29,34)(H,31,33)(H,32,35). The summed E-state index contributed by atoms with van der Waals surface area (Å²) in [6.45, 7) is 0. The largest absolute Gasteiger partial charge is 0.366 e. The lowest BCUT2D eigenvalue weighted by Crippen LogP contribution is -2.43. The van der Waals surface area contributed by atoms with Crippen LogP contribution in [0.3, 0.4) is 0 Å². The third-order valence-electron chi connectivity index (χ3n) is 5.70. The van der Waals surface area contributed by atoms with E-state index in [1.54, 1.807) is 12.1 Å². The zero-order valence-corrected chi connectivity index (χ0v) is 18.4. The molecule has 0 aliphatic carbocycles. The van der Waals surface area contributed by atoms with Crippen LogP contribution < -0.4 is 16.4 Å². The summed E-state index contributed by atoms with van der Waals surface area (Å²) in [7, 11) is 0. The monoisotopic (exact) mass is 482 g/mol. The van der Waals surface area contributed by atoms with Crippen LogP contribution in [-0.4, -0.2) is 28.7 Å². The molecule has 0 bridgehead atoms. The van der Waals surface area contributed by atoms with E-state index >= 15 is 0 Å². The fourth-order valence-electron chi connectivity index (χ4n) is 4.08. The topological polar surface area (TPSA) is 114 Å². The van der Waals surface area contributed by atoms with E-state index in [4.69, 9.17) is 5.73 Å². The summed E-state index contributed by atoms with van der Waals surface area (Å²) in [5.74, 6) is -4.03. The summed E-state index contributed by atoms with van der Waals surface area (Å²) >= 11 is 0. The molecule has 7 nitrogen and oxygen atoms in total. The Morgan fingerprint density at radius 2 is 1.86 bits per heavy atom. The van der Waals surface area contributed by atoms with Gasteiger partial charge in [0.2, 0.25) is 11.8 Å². The second kappa shape index (κ2) is 9.96. The molecule has 4 rings (SSSR count). The maximum absolute atomic E-state index is 14.1. The summed E-state index contributed by atoms with van der Waals surface area (Å²) in [4.78, 5) is 40.5. The van der Waals surface area contributed by atoms with Gasteiger partial charge in [-0.3, -0.25) is 19.4 Å². The predicted octanol–water partition coefficient (Wildman–Crippen LogP) is 2.94. The van der Waals surface area contributed by atoms with Crippen LogP contribution in [0.1, 0.15) is 40.5 Å². The van der Waals surface area contributed by atoms with Crippen LogP contribution in [0.4, 0.5) is 13.2 Å². The van der Waals surface area contributed by atoms with Crippen LogP contribution in [0.5, 0.6) is 0 Å². The molecule has 4 N–H and O–H groups in total. The first-order valence-corrected chi connectivity index (χ1v) is 10.8. The number of amides is 3. The summed E-state index contributed by atoms with van der Waals surface area (Å²) in [6, 6.07) is 8.46. The maximum Gasteiger partial charge on any atom is 0.251 e. The second-order valence-electron chi connectivity index (χ2n) is 8.20. The number of carbonyl (C=O) groups excluding carboxylic acids is 3. The Bertz CT molecular complexity index is 1290. The van der Waals surface area contributed by atoms with Gasteiger partial charge < -0.3 is 16.4 Å². The van der Waals surface area contributed by atoms with Crippen LogP contribution in [-0.2, 0) is 16.0 Å². The molecule has 1 saturated heterocycles. The predicted molar refractivity (Wildman–Crippen MR) is 120 cm³/mol. The summed E-state index contributed by atoms with van der Waals surface area (Å²) in [5.41, 5.74) is 6.39. The first-order chi connectivity index (χ1) is 16.7. The molecule has 0 spiro atoms. The van der Waals surface area contributed by atoms with E-state index < -0.39 is 41.3 Å². The van der Waals surface area contributed by atoms with E-state index in [1.165, 1.54) is 18.3 Å². The molecule has 2 aromatic carbocycles. The van der Waals surface area contributed by atoms with E-state index in [1.807, 2.05) is 0 Å². The van der Waals surface area contributed by atoms with Crippen molar-refractivity contribution in [2.75, 3.05) is 0 Å².